The van der Waals surface area contributed by atoms with Gasteiger partial charge in [0, 0.05) is 65.2 Å². The van der Waals surface area contributed by atoms with E-state index in [0.717, 1.165) is 81.3 Å². The molecule has 0 N–H and O–H groups in total. The van der Waals surface area contributed by atoms with Gasteiger partial charge in [0.05, 0.1) is 16.7 Å². The Hall–Kier alpha value is -7.86. The summed E-state index contributed by atoms with van der Waals surface area (Å²) in [6.45, 7) is 2.27. The van der Waals surface area contributed by atoms with Gasteiger partial charge in [-0.1, -0.05) is 140 Å². The van der Waals surface area contributed by atoms with Crippen molar-refractivity contribution >= 4 is 103 Å². The maximum atomic E-state index is 6.96. The summed E-state index contributed by atoms with van der Waals surface area (Å²) < 4.78 is 11.8. The fraction of sp³-hybridized carbons (Fsp3) is 0.0968. The van der Waals surface area contributed by atoms with Crippen LogP contribution in [0.15, 0.2) is 208 Å². The first kappa shape index (κ1) is 38.4. The molecule has 4 heterocycles. The predicted molar refractivity (Wildman–Crippen MR) is 283 cm³/mol. The van der Waals surface area contributed by atoms with Crippen LogP contribution >= 0.6 is 11.3 Å². The van der Waals surface area contributed by atoms with Crippen LogP contribution in [0.4, 0.5) is 0 Å². The number of aromatic nitrogens is 1. The number of rotatable bonds is 3. The number of nitrogens with zero attached hydrogens (tertiary/aromatic N) is 3. The Bertz CT molecular complexity index is 4080. The topological polar surface area (TPSA) is 42.8 Å². The molecular weight excluding hydrogens is 835 g/mol. The lowest BCUT2D eigenvalue weighted by atomic mass is 9.84. The van der Waals surface area contributed by atoms with Gasteiger partial charge in [-0.15, -0.1) is 11.3 Å². The number of fused-ring (bicyclic) bond motifs is 13. The summed E-state index contributed by atoms with van der Waals surface area (Å²) in [7, 11) is 0. The van der Waals surface area contributed by atoms with Gasteiger partial charge in [-0.25, -0.2) is 9.98 Å². The zero-order chi connectivity index (χ0) is 44.2. The summed E-state index contributed by atoms with van der Waals surface area (Å²) in [5.74, 6) is 1.83. The Labute approximate surface area is 391 Å². The zero-order valence-electron chi connectivity index (χ0n) is 37.0. The highest BCUT2D eigenvalue weighted by molar-refractivity contribution is 7.25. The smallest absolute Gasteiger partial charge is 0.161 e. The molecule has 5 heteroatoms. The van der Waals surface area contributed by atoms with E-state index in [1.165, 1.54) is 75.1 Å². The van der Waals surface area contributed by atoms with Crippen molar-refractivity contribution in [3.63, 3.8) is 0 Å². The summed E-state index contributed by atoms with van der Waals surface area (Å²) in [5, 5.41) is 9.79. The molecule has 1 aliphatic carbocycles. The summed E-state index contributed by atoms with van der Waals surface area (Å²) in [5.41, 5.74) is 14.9. The largest absolute Gasteiger partial charge is 0.455 e. The third-order valence-corrected chi connectivity index (χ3v) is 15.6. The molecule has 0 radical (unpaired) electrons. The lowest BCUT2D eigenvalue weighted by molar-refractivity contribution is 0.666. The Morgan fingerprint density at radius 2 is 1.21 bits per heavy atom. The maximum Gasteiger partial charge on any atom is 0.161 e. The van der Waals surface area contributed by atoms with E-state index in [0.29, 0.717) is 5.84 Å². The third-order valence-electron chi connectivity index (χ3n) is 14.5. The van der Waals surface area contributed by atoms with Crippen LogP contribution in [0.3, 0.4) is 0 Å². The molecule has 0 amide bonds. The highest BCUT2D eigenvalue weighted by atomic mass is 32.1. The normalized spacial score (nSPS) is 16.6. The van der Waals surface area contributed by atoms with Crippen LogP contribution in [-0.4, -0.2) is 16.2 Å². The fourth-order valence-electron chi connectivity index (χ4n) is 11.3. The SMILES string of the molecule is C/C1=C(/c2cc(C3CCc4cc5ccccc5cc4-c4ccccc43)cc3c2oc2ccccc23)N=C(c2ccc3c(c2)sc2ccccc23)N=C(n2c3ccccc3c3ccccc32)CC1. The molecule has 0 fully saturated rings. The molecule has 0 spiro atoms. The van der Waals surface area contributed by atoms with Crippen molar-refractivity contribution in [3.8, 4) is 11.1 Å². The molecule has 318 valence electrons. The van der Waals surface area contributed by atoms with E-state index in [1.54, 1.807) is 0 Å². The summed E-state index contributed by atoms with van der Waals surface area (Å²) >= 11 is 1.83. The van der Waals surface area contributed by atoms with Crippen LogP contribution < -0.4 is 0 Å². The van der Waals surface area contributed by atoms with Crippen molar-refractivity contribution in [1.82, 2.24) is 4.57 Å². The molecule has 2 aliphatic rings. The van der Waals surface area contributed by atoms with Gasteiger partial charge in [-0.05, 0) is 119 Å². The number of amidine groups is 1. The molecule has 1 aliphatic heterocycles. The number of aliphatic imine (C=N–C) groups is 2. The van der Waals surface area contributed by atoms with Crippen molar-refractivity contribution < 1.29 is 4.42 Å². The molecule has 0 saturated carbocycles. The van der Waals surface area contributed by atoms with E-state index in [2.05, 4.69) is 200 Å². The molecule has 4 nitrogen and oxygen atoms in total. The summed E-state index contributed by atoms with van der Waals surface area (Å²) in [4.78, 5) is 11.5. The predicted octanol–water partition coefficient (Wildman–Crippen LogP) is 16.9. The number of aryl methyl sites for hydroxylation is 1. The average Bonchev–Trinajstić information content (AvgIpc) is 4.01. The Balaban J connectivity index is 1.00. The van der Waals surface area contributed by atoms with Gasteiger partial charge in [-0.2, -0.15) is 0 Å². The molecule has 3 aromatic heterocycles. The van der Waals surface area contributed by atoms with Gasteiger partial charge in [0.2, 0.25) is 0 Å². The van der Waals surface area contributed by atoms with Crippen LogP contribution in [0.2, 0.25) is 0 Å². The molecule has 1 atom stereocenters. The van der Waals surface area contributed by atoms with E-state index < -0.39 is 0 Å². The van der Waals surface area contributed by atoms with Crippen molar-refractivity contribution in [2.45, 2.75) is 38.5 Å². The Kier molecular flexibility index (Phi) is 8.65. The highest BCUT2D eigenvalue weighted by Gasteiger charge is 2.28. The molecule has 14 rings (SSSR count). The molecule has 12 aromatic rings. The van der Waals surface area contributed by atoms with Gasteiger partial charge in [-0.3, -0.25) is 4.57 Å². The lowest BCUT2D eigenvalue weighted by Crippen LogP contribution is -2.17. The first-order valence-corrected chi connectivity index (χ1v) is 24.3. The number of para-hydroxylation sites is 3. The van der Waals surface area contributed by atoms with Crippen molar-refractivity contribution in [1.29, 1.82) is 0 Å². The maximum absolute atomic E-state index is 6.96. The van der Waals surface area contributed by atoms with Crippen molar-refractivity contribution in [2.75, 3.05) is 0 Å². The molecule has 0 bridgehead atoms. The number of allylic oxidation sites excluding steroid dienone is 1. The van der Waals surface area contributed by atoms with E-state index in [4.69, 9.17) is 14.4 Å². The molecule has 9 aromatic carbocycles. The van der Waals surface area contributed by atoms with E-state index in [1.807, 2.05) is 11.3 Å². The molecule has 0 saturated heterocycles. The molecule has 67 heavy (non-hydrogen) atoms. The quantitative estimate of drug-likeness (QED) is 0.174. The summed E-state index contributed by atoms with van der Waals surface area (Å²) in [6, 6.07) is 68.9. The van der Waals surface area contributed by atoms with Gasteiger partial charge in [0.15, 0.2) is 5.84 Å². The van der Waals surface area contributed by atoms with Crippen molar-refractivity contribution in [2.24, 2.45) is 9.98 Å². The average molecular weight is 878 g/mol. The molecular formula is C62H43N3OS. The first-order valence-electron chi connectivity index (χ1n) is 23.4. The second kappa shape index (κ2) is 15.1. The highest BCUT2D eigenvalue weighted by Crippen LogP contribution is 2.46. The second-order valence-corrected chi connectivity index (χ2v) is 19.4. The van der Waals surface area contributed by atoms with Gasteiger partial charge < -0.3 is 4.42 Å². The number of furan rings is 1. The van der Waals surface area contributed by atoms with Gasteiger partial charge >= 0.3 is 0 Å². The number of thiophene rings is 1. The van der Waals surface area contributed by atoms with Crippen LogP contribution in [0.5, 0.6) is 0 Å². The Morgan fingerprint density at radius 3 is 2.04 bits per heavy atom. The second-order valence-electron chi connectivity index (χ2n) is 18.3. The van der Waals surface area contributed by atoms with Gasteiger partial charge in [0.1, 0.15) is 17.0 Å². The Morgan fingerprint density at radius 1 is 0.522 bits per heavy atom. The number of benzene rings is 9. The monoisotopic (exact) mass is 877 g/mol. The number of hydrogen-bond acceptors (Lipinski definition) is 4. The standard InChI is InChI=1S/C62H43N3OS/c1-37-26-31-59(65-54-22-10-6-18-46(54)47-19-7-11-23-55(47)65)63-62(41-28-30-50-49-21-9-13-25-57(49)67-58(50)36-41)64-60(37)53-35-42(34-52-48-20-8-12-24-56(48)66-61(52)53)43-29-27-40-32-38-14-2-3-15-39(38)33-51(40)45-17-5-4-16-44(43)45/h2-25,28,30,32-36,43H,26-27,29,31H2,1H3/b60-37+,63-59?,64-62?. The minimum absolute atomic E-state index is 0.150. The lowest BCUT2D eigenvalue weighted by Gasteiger charge is -2.21. The fourth-order valence-corrected chi connectivity index (χ4v) is 12.4. The van der Waals surface area contributed by atoms with Crippen LogP contribution in [0.25, 0.3) is 91.5 Å². The third kappa shape index (κ3) is 6.11. The van der Waals surface area contributed by atoms with Crippen LogP contribution in [0.1, 0.15) is 59.9 Å². The van der Waals surface area contributed by atoms with E-state index in [-0.39, 0.29) is 5.92 Å². The first-order chi connectivity index (χ1) is 33.1. The van der Waals surface area contributed by atoms with Crippen LogP contribution in [0, 0.1) is 0 Å². The zero-order valence-corrected chi connectivity index (χ0v) is 37.8. The summed E-state index contributed by atoms with van der Waals surface area (Å²) in [6.07, 6.45) is 3.47. The van der Waals surface area contributed by atoms with E-state index in [9.17, 15) is 0 Å². The van der Waals surface area contributed by atoms with Crippen LogP contribution in [-0.2, 0) is 6.42 Å². The van der Waals surface area contributed by atoms with Crippen molar-refractivity contribution in [3.05, 3.63) is 221 Å². The minimum atomic E-state index is 0.150. The number of hydrogen-bond donors (Lipinski definition) is 0. The molecule has 1 unspecified atom stereocenters. The van der Waals surface area contributed by atoms with E-state index >= 15 is 0 Å². The van der Waals surface area contributed by atoms with Gasteiger partial charge in [0.25, 0.3) is 0 Å². The minimum Gasteiger partial charge on any atom is -0.455 e.